The summed E-state index contributed by atoms with van der Waals surface area (Å²) in [6, 6.07) is 0.272. The van der Waals surface area contributed by atoms with Crippen LogP contribution in [-0.4, -0.2) is 42.0 Å². The molecule has 13 heavy (non-hydrogen) atoms. The Kier molecular flexibility index (Phi) is 4.39. The van der Waals surface area contributed by atoms with E-state index in [2.05, 4.69) is 4.90 Å². The topological polar surface area (TPSA) is 40.5 Å². The number of hydrogen-bond acceptors (Lipinski definition) is 3. The highest BCUT2D eigenvalue weighted by molar-refractivity contribution is 5.49. The second-order valence-corrected chi connectivity index (χ2v) is 3.86. The Labute approximate surface area is 79.7 Å². The predicted molar refractivity (Wildman–Crippen MR) is 51.6 cm³/mol. The van der Waals surface area contributed by atoms with Crippen LogP contribution in [0, 0.1) is 0 Å². The molecule has 0 spiro atoms. The second-order valence-electron chi connectivity index (χ2n) is 3.86. The Balaban J connectivity index is 2.34. The molecule has 0 radical (unpaired) electrons. The average molecular weight is 185 g/mol. The fourth-order valence-corrected chi connectivity index (χ4v) is 2.03. The Bertz CT molecular complexity index is 161. The summed E-state index contributed by atoms with van der Waals surface area (Å²) in [5.74, 6) is 0. The van der Waals surface area contributed by atoms with E-state index in [-0.39, 0.29) is 12.1 Å². The minimum atomic E-state index is -0.189. The summed E-state index contributed by atoms with van der Waals surface area (Å²) < 4.78 is 0. The van der Waals surface area contributed by atoms with Crippen LogP contribution in [-0.2, 0) is 4.79 Å². The lowest BCUT2D eigenvalue weighted by Crippen LogP contribution is -2.43. The number of carbonyl (C=O) groups excluding carboxylic acids is 1. The molecule has 0 aromatic heterocycles. The molecule has 1 rings (SSSR count). The summed E-state index contributed by atoms with van der Waals surface area (Å²) >= 11 is 0. The third-order valence-corrected chi connectivity index (χ3v) is 2.86. The van der Waals surface area contributed by atoms with Gasteiger partial charge in [0.2, 0.25) is 0 Å². The number of hydrogen-bond donors (Lipinski definition) is 1. The van der Waals surface area contributed by atoms with E-state index < -0.39 is 0 Å². The zero-order valence-corrected chi connectivity index (χ0v) is 8.28. The summed E-state index contributed by atoms with van der Waals surface area (Å²) in [6.45, 7) is 0.769. The molecule has 0 aromatic carbocycles. The van der Waals surface area contributed by atoms with Gasteiger partial charge in [0.25, 0.3) is 0 Å². The molecule has 2 atom stereocenters. The van der Waals surface area contributed by atoms with Gasteiger partial charge in [-0.25, -0.2) is 0 Å². The van der Waals surface area contributed by atoms with Crippen molar-refractivity contribution < 1.29 is 9.90 Å². The predicted octanol–water partition coefficient (Wildman–Crippen LogP) is 0.811. The molecule has 3 heteroatoms. The van der Waals surface area contributed by atoms with Gasteiger partial charge in [0.05, 0.1) is 6.10 Å². The number of aliphatic hydroxyl groups is 1. The molecule has 0 aliphatic heterocycles. The molecule has 0 saturated heterocycles. The van der Waals surface area contributed by atoms with E-state index in [1.807, 2.05) is 7.05 Å². The van der Waals surface area contributed by atoms with Crippen molar-refractivity contribution in [1.82, 2.24) is 4.90 Å². The van der Waals surface area contributed by atoms with E-state index in [0.29, 0.717) is 6.42 Å². The lowest BCUT2D eigenvalue weighted by atomic mass is 9.91. The van der Waals surface area contributed by atoms with E-state index in [9.17, 15) is 9.90 Å². The third kappa shape index (κ3) is 3.08. The minimum Gasteiger partial charge on any atom is -0.391 e. The van der Waals surface area contributed by atoms with Crippen molar-refractivity contribution in [3.05, 3.63) is 0 Å². The fourth-order valence-electron chi connectivity index (χ4n) is 2.03. The number of nitrogens with zero attached hydrogens (tertiary/aromatic N) is 1. The average Bonchev–Trinajstić information content (AvgIpc) is 2.15. The van der Waals surface area contributed by atoms with Crippen molar-refractivity contribution in [3.8, 4) is 0 Å². The highest BCUT2D eigenvalue weighted by Gasteiger charge is 2.25. The van der Waals surface area contributed by atoms with Crippen LogP contribution in [0.25, 0.3) is 0 Å². The monoisotopic (exact) mass is 185 g/mol. The highest BCUT2D eigenvalue weighted by atomic mass is 16.3. The molecule has 0 heterocycles. The molecule has 1 aliphatic rings. The number of likely N-dealkylation sites (N-methyl/N-ethyl adjacent to an activating group) is 1. The SMILES string of the molecule is CN(CCC=O)C1CCCCC1O. The maximum Gasteiger partial charge on any atom is 0.121 e. The summed E-state index contributed by atoms with van der Waals surface area (Å²) in [5.41, 5.74) is 0. The van der Waals surface area contributed by atoms with Gasteiger partial charge in [0, 0.05) is 19.0 Å². The molecule has 0 bridgehead atoms. The highest BCUT2D eigenvalue weighted by Crippen LogP contribution is 2.22. The quantitative estimate of drug-likeness (QED) is 0.659. The van der Waals surface area contributed by atoms with E-state index in [1.54, 1.807) is 0 Å². The van der Waals surface area contributed by atoms with Gasteiger partial charge in [-0.3, -0.25) is 0 Å². The van der Waals surface area contributed by atoms with Crippen LogP contribution < -0.4 is 0 Å². The molecule has 0 aromatic rings. The molecule has 1 aliphatic carbocycles. The lowest BCUT2D eigenvalue weighted by Gasteiger charge is -2.34. The second kappa shape index (κ2) is 5.35. The van der Waals surface area contributed by atoms with E-state index in [1.165, 1.54) is 6.42 Å². The molecule has 1 fully saturated rings. The standard InChI is InChI=1S/C10H19NO2/c1-11(7-4-8-12)9-5-2-3-6-10(9)13/h8-10,13H,2-7H2,1H3. The van der Waals surface area contributed by atoms with Crippen molar-refractivity contribution in [2.75, 3.05) is 13.6 Å². The Hall–Kier alpha value is -0.410. The van der Waals surface area contributed by atoms with E-state index >= 15 is 0 Å². The zero-order chi connectivity index (χ0) is 9.68. The van der Waals surface area contributed by atoms with Gasteiger partial charge in [0.15, 0.2) is 0 Å². The maximum atomic E-state index is 10.2. The van der Waals surface area contributed by atoms with Gasteiger partial charge in [0.1, 0.15) is 6.29 Å². The van der Waals surface area contributed by atoms with Gasteiger partial charge in [-0.2, -0.15) is 0 Å². The zero-order valence-electron chi connectivity index (χ0n) is 8.28. The van der Waals surface area contributed by atoms with Crippen LogP contribution in [0.15, 0.2) is 0 Å². The maximum absolute atomic E-state index is 10.2. The molecular formula is C10H19NO2. The molecule has 76 valence electrons. The summed E-state index contributed by atoms with van der Waals surface area (Å²) in [4.78, 5) is 12.3. The molecule has 0 amide bonds. The van der Waals surface area contributed by atoms with Crippen molar-refractivity contribution in [2.24, 2.45) is 0 Å². The lowest BCUT2D eigenvalue weighted by molar-refractivity contribution is -0.108. The number of carbonyl (C=O) groups is 1. The van der Waals surface area contributed by atoms with Crippen LogP contribution in [0.5, 0.6) is 0 Å². The van der Waals surface area contributed by atoms with Crippen molar-refractivity contribution in [3.63, 3.8) is 0 Å². The minimum absolute atomic E-state index is 0.189. The van der Waals surface area contributed by atoms with Crippen LogP contribution in [0.2, 0.25) is 0 Å². The first-order chi connectivity index (χ1) is 6.25. The molecule has 1 saturated carbocycles. The Morgan fingerprint density at radius 3 is 2.77 bits per heavy atom. The van der Waals surface area contributed by atoms with Gasteiger partial charge in [-0.05, 0) is 19.9 Å². The van der Waals surface area contributed by atoms with Gasteiger partial charge in [-0.15, -0.1) is 0 Å². The number of rotatable bonds is 4. The van der Waals surface area contributed by atoms with Crippen molar-refractivity contribution >= 4 is 6.29 Å². The Morgan fingerprint density at radius 2 is 2.15 bits per heavy atom. The van der Waals surface area contributed by atoms with E-state index in [0.717, 1.165) is 32.1 Å². The van der Waals surface area contributed by atoms with Gasteiger partial charge >= 0.3 is 0 Å². The third-order valence-electron chi connectivity index (χ3n) is 2.86. The number of aldehydes is 1. The van der Waals surface area contributed by atoms with Crippen molar-refractivity contribution in [1.29, 1.82) is 0 Å². The first-order valence-electron chi connectivity index (χ1n) is 5.07. The van der Waals surface area contributed by atoms with Crippen LogP contribution in [0.4, 0.5) is 0 Å². The first-order valence-corrected chi connectivity index (χ1v) is 5.07. The Morgan fingerprint density at radius 1 is 1.46 bits per heavy atom. The summed E-state index contributed by atoms with van der Waals surface area (Å²) in [6.07, 6.45) is 5.63. The van der Waals surface area contributed by atoms with Crippen LogP contribution in [0.1, 0.15) is 32.1 Å². The molecule has 2 unspecified atom stereocenters. The summed E-state index contributed by atoms with van der Waals surface area (Å²) in [7, 11) is 1.99. The normalized spacial score (nSPS) is 29.2. The summed E-state index contributed by atoms with van der Waals surface area (Å²) in [5, 5.41) is 9.71. The first kappa shape index (κ1) is 10.7. The molecule has 1 N–H and O–H groups in total. The molecule has 3 nitrogen and oxygen atoms in total. The van der Waals surface area contributed by atoms with E-state index in [4.69, 9.17) is 0 Å². The largest absolute Gasteiger partial charge is 0.391 e. The fraction of sp³-hybridized carbons (Fsp3) is 0.900. The van der Waals surface area contributed by atoms with Crippen LogP contribution in [0.3, 0.4) is 0 Å². The smallest absolute Gasteiger partial charge is 0.121 e. The number of aliphatic hydroxyl groups excluding tert-OH is 1. The van der Waals surface area contributed by atoms with Crippen LogP contribution >= 0.6 is 0 Å². The van der Waals surface area contributed by atoms with Gasteiger partial charge in [-0.1, -0.05) is 12.8 Å². The van der Waals surface area contributed by atoms with Gasteiger partial charge < -0.3 is 14.8 Å². The van der Waals surface area contributed by atoms with Crippen molar-refractivity contribution in [2.45, 2.75) is 44.2 Å². The molecular weight excluding hydrogens is 166 g/mol.